The van der Waals surface area contributed by atoms with E-state index in [9.17, 15) is 9.59 Å². The summed E-state index contributed by atoms with van der Waals surface area (Å²) in [6.45, 7) is 7.91. The van der Waals surface area contributed by atoms with Crippen LogP contribution in [-0.2, 0) is 22.6 Å². The third-order valence-corrected chi connectivity index (χ3v) is 7.46. The topological polar surface area (TPSA) is 58.6 Å². The molecule has 5 nitrogen and oxygen atoms in total. The molecular formula is C29H32Br2N2O3. The molecule has 0 heterocycles. The highest BCUT2D eigenvalue weighted by Crippen LogP contribution is 2.26. The van der Waals surface area contributed by atoms with Crippen LogP contribution in [0.1, 0.15) is 36.1 Å². The van der Waals surface area contributed by atoms with Gasteiger partial charge in [-0.1, -0.05) is 74.3 Å². The predicted octanol–water partition coefficient (Wildman–Crippen LogP) is 6.37. The SMILES string of the molecule is Cc1cc(OCC(=O)N(Cc2cccc(Br)c2)[C@H](Cc2ccccc2)C(=O)NC(C)C)cc(C)c1Br. The molecule has 0 radical (unpaired) electrons. The van der Waals surface area contributed by atoms with Crippen LogP contribution in [-0.4, -0.2) is 35.4 Å². The molecule has 1 N–H and O–H groups in total. The van der Waals surface area contributed by atoms with Gasteiger partial charge in [-0.15, -0.1) is 0 Å². The highest BCUT2D eigenvalue weighted by Gasteiger charge is 2.31. The number of carbonyl (C=O) groups excluding carboxylic acids is 2. The minimum absolute atomic E-state index is 0.0523. The first-order valence-electron chi connectivity index (χ1n) is 11.9. The van der Waals surface area contributed by atoms with Crippen molar-refractivity contribution in [2.75, 3.05) is 6.61 Å². The summed E-state index contributed by atoms with van der Waals surface area (Å²) < 4.78 is 7.87. The summed E-state index contributed by atoms with van der Waals surface area (Å²) in [7, 11) is 0. The van der Waals surface area contributed by atoms with E-state index in [2.05, 4.69) is 37.2 Å². The number of rotatable bonds is 10. The lowest BCUT2D eigenvalue weighted by Gasteiger charge is -2.32. The van der Waals surface area contributed by atoms with Crippen molar-refractivity contribution in [2.45, 2.75) is 52.7 Å². The smallest absolute Gasteiger partial charge is 0.261 e. The number of amides is 2. The molecule has 36 heavy (non-hydrogen) atoms. The van der Waals surface area contributed by atoms with Gasteiger partial charge in [0, 0.05) is 28.0 Å². The van der Waals surface area contributed by atoms with Crippen molar-refractivity contribution in [1.82, 2.24) is 10.2 Å². The van der Waals surface area contributed by atoms with Crippen LogP contribution in [0.25, 0.3) is 0 Å². The molecule has 2 amide bonds. The first-order chi connectivity index (χ1) is 17.1. The van der Waals surface area contributed by atoms with E-state index < -0.39 is 6.04 Å². The molecule has 0 aliphatic rings. The molecule has 0 saturated carbocycles. The summed E-state index contributed by atoms with van der Waals surface area (Å²) in [5, 5.41) is 3.00. The summed E-state index contributed by atoms with van der Waals surface area (Å²) in [6, 6.07) is 20.6. The summed E-state index contributed by atoms with van der Waals surface area (Å²) >= 11 is 7.08. The number of ether oxygens (including phenoxy) is 1. The fourth-order valence-electron chi connectivity index (χ4n) is 3.98. The van der Waals surface area contributed by atoms with Gasteiger partial charge in [0.15, 0.2) is 6.61 Å². The van der Waals surface area contributed by atoms with Crippen molar-refractivity contribution in [3.8, 4) is 5.75 Å². The maximum atomic E-state index is 13.7. The molecule has 0 aromatic heterocycles. The Morgan fingerprint density at radius 3 is 2.17 bits per heavy atom. The van der Waals surface area contributed by atoms with Crippen molar-refractivity contribution in [3.05, 3.63) is 97.9 Å². The summed E-state index contributed by atoms with van der Waals surface area (Å²) in [6.07, 6.45) is 0.398. The van der Waals surface area contributed by atoms with Crippen molar-refractivity contribution < 1.29 is 14.3 Å². The molecule has 0 aliphatic heterocycles. The van der Waals surface area contributed by atoms with Gasteiger partial charge in [0.05, 0.1) is 0 Å². The van der Waals surface area contributed by atoms with Gasteiger partial charge in [0.25, 0.3) is 5.91 Å². The monoisotopic (exact) mass is 614 g/mol. The second-order valence-electron chi connectivity index (χ2n) is 9.18. The molecule has 190 valence electrons. The molecule has 0 fully saturated rings. The molecule has 0 unspecified atom stereocenters. The van der Waals surface area contributed by atoms with Crippen LogP contribution in [0.4, 0.5) is 0 Å². The minimum atomic E-state index is -0.696. The average molecular weight is 616 g/mol. The molecular weight excluding hydrogens is 584 g/mol. The number of hydrogen-bond donors (Lipinski definition) is 1. The fourth-order valence-corrected chi connectivity index (χ4v) is 4.66. The van der Waals surface area contributed by atoms with E-state index in [0.29, 0.717) is 12.2 Å². The largest absolute Gasteiger partial charge is 0.484 e. The van der Waals surface area contributed by atoms with Crippen molar-refractivity contribution in [2.24, 2.45) is 0 Å². The first-order valence-corrected chi connectivity index (χ1v) is 13.5. The van der Waals surface area contributed by atoms with Crippen molar-refractivity contribution in [1.29, 1.82) is 0 Å². The fraction of sp³-hybridized carbons (Fsp3) is 0.310. The van der Waals surface area contributed by atoms with Crippen LogP contribution in [0.5, 0.6) is 5.75 Å². The number of nitrogens with zero attached hydrogens (tertiary/aromatic N) is 1. The number of aryl methyl sites for hydroxylation is 2. The molecule has 0 saturated heterocycles. The maximum Gasteiger partial charge on any atom is 0.261 e. The number of halogens is 2. The Hall–Kier alpha value is -2.64. The average Bonchev–Trinajstić information content (AvgIpc) is 2.83. The highest BCUT2D eigenvalue weighted by atomic mass is 79.9. The van der Waals surface area contributed by atoms with E-state index in [1.54, 1.807) is 4.90 Å². The van der Waals surface area contributed by atoms with Crippen LogP contribution in [0.2, 0.25) is 0 Å². The molecule has 3 aromatic rings. The van der Waals surface area contributed by atoms with Crippen molar-refractivity contribution >= 4 is 43.7 Å². The highest BCUT2D eigenvalue weighted by molar-refractivity contribution is 9.10. The van der Waals surface area contributed by atoms with E-state index in [4.69, 9.17) is 4.74 Å². The van der Waals surface area contributed by atoms with Crippen molar-refractivity contribution in [3.63, 3.8) is 0 Å². The predicted molar refractivity (Wildman–Crippen MR) is 151 cm³/mol. The number of carbonyl (C=O) groups is 2. The van der Waals surface area contributed by atoms with Gasteiger partial charge in [-0.2, -0.15) is 0 Å². The Labute approximate surface area is 230 Å². The molecule has 1 atom stereocenters. The zero-order valence-electron chi connectivity index (χ0n) is 21.1. The number of hydrogen-bond acceptors (Lipinski definition) is 3. The van der Waals surface area contributed by atoms with E-state index >= 15 is 0 Å². The lowest BCUT2D eigenvalue weighted by atomic mass is 10.0. The second-order valence-corrected chi connectivity index (χ2v) is 10.9. The standard InChI is InChI=1S/C29H32Br2N2O3/c1-19(2)32-29(35)26(16-22-9-6-5-7-10-22)33(17-23-11-8-12-24(30)15-23)27(34)18-36-25-13-20(3)28(31)21(4)14-25/h5-15,19,26H,16-18H2,1-4H3,(H,32,35)/t26-/m1/s1. The summed E-state index contributed by atoms with van der Waals surface area (Å²) in [4.78, 5) is 28.7. The molecule has 0 bridgehead atoms. The molecule has 7 heteroatoms. The first kappa shape index (κ1) is 27.9. The van der Waals surface area contributed by atoms with Gasteiger partial charge >= 0.3 is 0 Å². The van der Waals surface area contributed by atoms with E-state index in [1.807, 2.05) is 94.4 Å². The summed E-state index contributed by atoms with van der Waals surface area (Å²) in [5.41, 5.74) is 3.96. The van der Waals surface area contributed by atoms with Crippen LogP contribution in [0.3, 0.4) is 0 Å². The Bertz CT molecular complexity index is 1180. The van der Waals surface area contributed by atoms with Crippen LogP contribution in [0, 0.1) is 13.8 Å². The van der Waals surface area contributed by atoms with Gasteiger partial charge in [-0.3, -0.25) is 9.59 Å². The van der Waals surface area contributed by atoms with Crippen LogP contribution >= 0.6 is 31.9 Å². The Morgan fingerprint density at radius 1 is 0.917 bits per heavy atom. The van der Waals surface area contributed by atoms with Gasteiger partial charge < -0.3 is 15.0 Å². The minimum Gasteiger partial charge on any atom is -0.484 e. The zero-order chi connectivity index (χ0) is 26.2. The third-order valence-electron chi connectivity index (χ3n) is 5.72. The zero-order valence-corrected chi connectivity index (χ0v) is 24.2. The Balaban J connectivity index is 1.92. The maximum absolute atomic E-state index is 13.7. The Morgan fingerprint density at radius 2 is 1.56 bits per heavy atom. The van der Waals surface area contributed by atoms with E-state index in [0.717, 1.165) is 31.2 Å². The van der Waals surface area contributed by atoms with E-state index in [-0.39, 0.29) is 31.0 Å². The van der Waals surface area contributed by atoms with Gasteiger partial charge in [0.2, 0.25) is 5.91 Å². The normalized spacial score (nSPS) is 11.8. The van der Waals surface area contributed by atoms with Gasteiger partial charge in [-0.05, 0) is 74.2 Å². The third kappa shape index (κ3) is 7.93. The molecule has 0 aliphatic carbocycles. The molecule has 3 rings (SSSR count). The summed E-state index contributed by atoms with van der Waals surface area (Å²) in [5.74, 6) is 0.177. The number of nitrogens with one attached hydrogen (secondary N) is 1. The molecule has 0 spiro atoms. The molecule has 3 aromatic carbocycles. The van der Waals surface area contributed by atoms with Crippen LogP contribution in [0.15, 0.2) is 75.7 Å². The van der Waals surface area contributed by atoms with Gasteiger partial charge in [-0.25, -0.2) is 0 Å². The van der Waals surface area contributed by atoms with E-state index in [1.165, 1.54) is 0 Å². The quantitative estimate of drug-likeness (QED) is 0.288. The number of benzene rings is 3. The lowest BCUT2D eigenvalue weighted by molar-refractivity contribution is -0.143. The van der Waals surface area contributed by atoms with Crippen LogP contribution < -0.4 is 10.1 Å². The lowest BCUT2D eigenvalue weighted by Crippen LogP contribution is -2.52. The Kier molecular flexibility index (Phi) is 10.1. The van der Waals surface area contributed by atoms with Gasteiger partial charge in [0.1, 0.15) is 11.8 Å². The second kappa shape index (κ2) is 13.1.